The first kappa shape index (κ1) is 30.2. The number of benzene rings is 1. The molecular formula is C29H41F2N5O3. The van der Waals surface area contributed by atoms with Crippen molar-refractivity contribution in [2.75, 3.05) is 6.54 Å². The zero-order valence-electron chi connectivity index (χ0n) is 23.5. The molecule has 3 N–H and O–H groups in total. The van der Waals surface area contributed by atoms with Gasteiger partial charge in [0, 0.05) is 30.6 Å². The molecule has 1 aliphatic heterocycles. The molecule has 1 saturated heterocycles. The van der Waals surface area contributed by atoms with E-state index in [2.05, 4.69) is 34.4 Å². The van der Waals surface area contributed by atoms with Crippen molar-refractivity contribution in [2.45, 2.75) is 91.3 Å². The molecule has 1 aromatic heterocycles. The van der Waals surface area contributed by atoms with Crippen molar-refractivity contribution < 1.29 is 23.2 Å². The Morgan fingerprint density at radius 1 is 1.10 bits per heavy atom. The van der Waals surface area contributed by atoms with Gasteiger partial charge in [-0.3, -0.25) is 14.4 Å². The lowest BCUT2D eigenvalue weighted by atomic mass is 9.92. The van der Waals surface area contributed by atoms with Gasteiger partial charge in [0.15, 0.2) is 0 Å². The number of aromatic nitrogens is 2. The predicted octanol–water partition coefficient (Wildman–Crippen LogP) is 4.88. The highest BCUT2D eigenvalue weighted by atomic mass is 19.1. The minimum absolute atomic E-state index is 0.110. The molecule has 0 aliphatic carbocycles. The van der Waals surface area contributed by atoms with Crippen molar-refractivity contribution in [1.29, 1.82) is 0 Å². The molecule has 0 spiro atoms. The predicted molar refractivity (Wildman–Crippen MR) is 145 cm³/mol. The third-order valence-corrected chi connectivity index (χ3v) is 7.20. The number of hydrogen-bond donors (Lipinski definition) is 3. The van der Waals surface area contributed by atoms with Gasteiger partial charge in [0.25, 0.3) is 0 Å². The lowest BCUT2D eigenvalue weighted by molar-refractivity contribution is -0.140. The van der Waals surface area contributed by atoms with Gasteiger partial charge in [0.2, 0.25) is 17.7 Å². The normalized spacial score (nSPS) is 17.3. The van der Waals surface area contributed by atoms with E-state index in [1.165, 1.54) is 12.3 Å². The van der Waals surface area contributed by atoms with Gasteiger partial charge in [-0.2, -0.15) is 0 Å². The Bertz CT molecular complexity index is 1150. The fourth-order valence-electron chi connectivity index (χ4n) is 4.93. The minimum atomic E-state index is -1.04. The number of piperidine rings is 1. The van der Waals surface area contributed by atoms with E-state index in [0.29, 0.717) is 36.3 Å². The van der Waals surface area contributed by atoms with Crippen molar-refractivity contribution in [3.8, 4) is 11.3 Å². The number of carbonyl (C=O) groups is 3. The van der Waals surface area contributed by atoms with Crippen LogP contribution in [0.1, 0.15) is 85.0 Å². The highest BCUT2D eigenvalue weighted by molar-refractivity contribution is 5.92. The molecule has 1 fully saturated rings. The summed E-state index contributed by atoms with van der Waals surface area (Å²) >= 11 is 0. The lowest BCUT2D eigenvalue weighted by Gasteiger charge is -2.39. The summed E-state index contributed by atoms with van der Waals surface area (Å²) in [5.74, 6) is -1.39. The van der Waals surface area contributed by atoms with Crippen LogP contribution >= 0.6 is 0 Å². The molecule has 1 aromatic carbocycles. The molecule has 1 unspecified atom stereocenters. The van der Waals surface area contributed by atoms with Gasteiger partial charge in [0.05, 0.1) is 24.4 Å². The van der Waals surface area contributed by atoms with Crippen LogP contribution in [0.25, 0.3) is 11.3 Å². The number of likely N-dealkylation sites (tertiary alicyclic amines) is 1. The fraction of sp³-hybridized carbons (Fsp3) is 0.586. The Hall–Kier alpha value is -3.30. The highest BCUT2D eigenvalue weighted by Gasteiger charge is 2.33. The van der Waals surface area contributed by atoms with Crippen molar-refractivity contribution in [3.05, 3.63) is 41.9 Å². The number of hydrogen-bond acceptors (Lipinski definition) is 4. The van der Waals surface area contributed by atoms with E-state index >= 15 is 0 Å². The number of imidazole rings is 1. The third-order valence-electron chi connectivity index (χ3n) is 7.20. The number of nitrogens with zero attached hydrogens (tertiary/aromatic N) is 2. The molecule has 8 nitrogen and oxygen atoms in total. The summed E-state index contributed by atoms with van der Waals surface area (Å²) in [5.41, 5.74) is 0.484. The molecule has 3 atom stereocenters. The quantitative estimate of drug-likeness (QED) is 0.374. The maximum atomic E-state index is 14.2. The van der Waals surface area contributed by atoms with E-state index in [9.17, 15) is 23.2 Å². The summed E-state index contributed by atoms with van der Waals surface area (Å²) in [6.07, 6.45) is 5.10. The van der Waals surface area contributed by atoms with Crippen molar-refractivity contribution in [2.24, 2.45) is 11.8 Å². The Morgan fingerprint density at radius 2 is 1.85 bits per heavy atom. The van der Waals surface area contributed by atoms with E-state index in [1.54, 1.807) is 6.92 Å². The van der Waals surface area contributed by atoms with Gasteiger partial charge in [-0.05, 0) is 56.6 Å². The van der Waals surface area contributed by atoms with Gasteiger partial charge in [0.1, 0.15) is 23.5 Å². The summed E-state index contributed by atoms with van der Waals surface area (Å²) in [5, 5.41) is 5.60. The molecule has 214 valence electrons. The van der Waals surface area contributed by atoms with Crippen LogP contribution in [0.4, 0.5) is 8.78 Å². The van der Waals surface area contributed by atoms with Crippen LogP contribution in [0.15, 0.2) is 24.4 Å². The van der Waals surface area contributed by atoms with Gasteiger partial charge in [-0.15, -0.1) is 0 Å². The van der Waals surface area contributed by atoms with Gasteiger partial charge < -0.3 is 20.5 Å². The maximum absolute atomic E-state index is 14.2. The van der Waals surface area contributed by atoms with Crippen LogP contribution in [-0.2, 0) is 14.4 Å². The van der Waals surface area contributed by atoms with Crippen molar-refractivity contribution >= 4 is 17.7 Å². The van der Waals surface area contributed by atoms with Crippen LogP contribution in [0.2, 0.25) is 0 Å². The molecule has 2 aromatic rings. The Morgan fingerprint density at radius 3 is 2.51 bits per heavy atom. The molecule has 3 amide bonds. The van der Waals surface area contributed by atoms with Crippen molar-refractivity contribution in [1.82, 2.24) is 25.5 Å². The topological polar surface area (TPSA) is 107 Å². The number of rotatable bonds is 11. The second kappa shape index (κ2) is 13.7. The first-order valence-electron chi connectivity index (χ1n) is 13.9. The van der Waals surface area contributed by atoms with E-state index in [4.69, 9.17) is 0 Å². The van der Waals surface area contributed by atoms with E-state index in [-0.39, 0.29) is 36.3 Å². The molecule has 39 heavy (non-hydrogen) atoms. The smallest absolute Gasteiger partial charge is 0.243 e. The monoisotopic (exact) mass is 545 g/mol. The van der Waals surface area contributed by atoms with Crippen LogP contribution in [0, 0.1) is 23.5 Å². The number of amides is 3. The molecule has 0 radical (unpaired) electrons. The van der Waals surface area contributed by atoms with E-state index < -0.39 is 29.6 Å². The maximum Gasteiger partial charge on any atom is 0.243 e. The Labute approximate surface area is 229 Å². The molecular weight excluding hydrogens is 504 g/mol. The zero-order chi connectivity index (χ0) is 28.7. The Kier molecular flexibility index (Phi) is 10.6. The first-order chi connectivity index (χ1) is 18.5. The molecule has 10 heteroatoms. The van der Waals surface area contributed by atoms with Crippen LogP contribution in [0.3, 0.4) is 0 Å². The number of halogens is 2. The second-order valence-electron chi connectivity index (χ2n) is 11.2. The minimum Gasteiger partial charge on any atom is -0.345 e. The summed E-state index contributed by atoms with van der Waals surface area (Å²) in [6, 6.07) is 1.69. The van der Waals surface area contributed by atoms with Crippen LogP contribution in [0.5, 0.6) is 0 Å². The van der Waals surface area contributed by atoms with E-state index in [1.807, 2.05) is 18.7 Å². The molecule has 0 bridgehead atoms. The van der Waals surface area contributed by atoms with Crippen LogP contribution < -0.4 is 10.6 Å². The summed E-state index contributed by atoms with van der Waals surface area (Å²) in [7, 11) is 0. The number of carbonyl (C=O) groups excluding carboxylic acids is 3. The molecule has 3 rings (SSSR count). The number of H-pyrrole nitrogens is 1. The zero-order valence-corrected chi connectivity index (χ0v) is 23.5. The third kappa shape index (κ3) is 8.34. The lowest BCUT2D eigenvalue weighted by Crippen LogP contribution is -2.52. The van der Waals surface area contributed by atoms with Crippen LogP contribution in [-0.4, -0.2) is 51.2 Å². The highest BCUT2D eigenvalue weighted by Crippen LogP contribution is 2.25. The van der Waals surface area contributed by atoms with Gasteiger partial charge >= 0.3 is 0 Å². The average Bonchev–Trinajstić information content (AvgIpc) is 3.37. The molecule has 0 saturated carbocycles. The Balaban J connectivity index is 1.73. The molecule has 2 heterocycles. The fourth-order valence-corrected chi connectivity index (χ4v) is 4.93. The number of aromatic amines is 1. The van der Waals surface area contributed by atoms with Crippen molar-refractivity contribution in [3.63, 3.8) is 0 Å². The average molecular weight is 546 g/mol. The molecule has 1 aliphatic rings. The largest absolute Gasteiger partial charge is 0.345 e. The standard InChI is InChI=1S/C29H41F2N5O3/c1-17(2)9-12-26(37)34-23(15-27(38)36-13-7-6-8-25(36)18(3)4)29(39)33-19(5)28-32-16-24(35-28)21-11-10-20(30)14-22(21)31/h10-11,14,16-19,23,25H,6-9,12-13,15H2,1-5H3,(H,32,35)(H,33,39)(H,34,37)/t19-,23-,25?/m0/s1. The summed E-state index contributed by atoms with van der Waals surface area (Å²) < 4.78 is 27.5. The summed E-state index contributed by atoms with van der Waals surface area (Å²) in [4.78, 5) is 48.5. The van der Waals surface area contributed by atoms with E-state index in [0.717, 1.165) is 31.4 Å². The first-order valence-corrected chi connectivity index (χ1v) is 13.9. The second-order valence-corrected chi connectivity index (χ2v) is 11.2. The summed E-state index contributed by atoms with van der Waals surface area (Å²) in [6.45, 7) is 10.5. The van der Waals surface area contributed by atoms with Gasteiger partial charge in [-0.1, -0.05) is 27.7 Å². The number of nitrogens with one attached hydrogen (secondary N) is 3. The SMILES string of the molecule is CC(C)CCC(=O)N[C@@H](CC(=O)N1CCCCC1C(C)C)C(=O)N[C@@H](C)c1ncc(-c2ccc(F)cc2F)[nH]1. The van der Waals surface area contributed by atoms with Gasteiger partial charge in [-0.25, -0.2) is 13.8 Å².